The van der Waals surface area contributed by atoms with Crippen LogP contribution in [0.3, 0.4) is 0 Å². The third-order valence-electron chi connectivity index (χ3n) is 2.91. The van der Waals surface area contributed by atoms with Crippen LogP contribution in [0.15, 0.2) is 28.9 Å². The summed E-state index contributed by atoms with van der Waals surface area (Å²) < 4.78 is 10.1. The van der Waals surface area contributed by atoms with Crippen molar-refractivity contribution >= 4 is 11.7 Å². The smallest absolute Gasteiger partial charge is 0.266 e. The number of ether oxygens (including phenoxy) is 1. The Morgan fingerprint density at radius 2 is 2.05 bits per heavy atom. The minimum absolute atomic E-state index is 0.302. The Morgan fingerprint density at radius 1 is 1.35 bits per heavy atom. The lowest BCUT2D eigenvalue weighted by atomic mass is 10.2. The second-order valence-electron chi connectivity index (χ2n) is 4.45. The Labute approximate surface area is 117 Å². The first-order chi connectivity index (χ1) is 9.60. The van der Waals surface area contributed by atoms with E-state index < -0.39 is 6.10 Å². The van der Waals surface area contributed by atoms with Crippen LogP contribution >= 0.6 is 0 Å². The van der Waals surface area contributed by atoms with Crippen molar-refractivity contribution in [3.8, 4) is 5.75 Å². The molecule has 0 saturated heterocycles. The van der Waals surface area contributed by atoms with Crippen LogP contribution in [0.4, 0.5) is 5.82 Å². The van der Waals surface area contributed by atoms with Gasteiger partial charge in [-0.1, -0.05) is 24.2 Å². The summed E-state index contributed by atoms with van der Waals surface area (Å²) in [4.78, 5) is 11.9. The normalized spacial score (nSPS) is 11.9. The molecule has 0 radical (unpaired) electrons. The molecule has 20 heavy (non-hydrogen) atoms. The molecule has 0 saturated carbocycles. The summed E-state index contributed by atoms with van der Waals surface area (Å²) in [5.74, 6) is 0.662. The van der Waals surface area contributed by atoms with E-state index in [1.54, 1.807) is 13.8 Å². The van der Waals surface area contributed by atoms with E-state index >= 15 is 0 Å². The average Bonchev–Trinajstić information content (AvgIpc) is 2.85. The highest BCUT2D eigenvalue weighted by Crippen LogP contribution is 2.15. The number of carbonyl (C=O) groups excluding carboxylic acids is 1. The molecule has 0 bridgehead atoms. The van der Waals surface area contributed by atoms with Crippen LogP contribution in [0.1, 0.15) is 25.1 Å². The van der Waals surface area contributed by atoms with Gasteiger partial charge in [0, 0.05) is 0 Å². The van der Waals surface area contributed by atoms with E-state index in [1.807, 2.05) is 24.3 Å². The largest absolute Gasteiger partial charge is 0.481 e. The number of hydrogen-bond acceptors (Lipinski definition) is 5. The van der Waals surface area contributed by atoms with Crippen LogP contribution in [0.25, 0.3) is 0 Å². The molecule has 6 nitrogen and oxygen atoms in total. The quantitative estimate of drug-likeness (QED) is 0.906. The van der Waals surface area contributed by atoms with Gasteiger partial charge in [-0.05, 0) is 43.1 Å². The van der Waals surface area contributed by atoms with Gasteiger partial charge in [0.05, 0.1) is 0 Å². The Morgan fingerprint density at radius 3 is 2.60 bits per heavy atom. The van der Waals surface area contributed by atoms with E-state index in [0.717, 1.165) is 6.42 Å². The predicted molar refractivity (Wildman–Crippen MR) is 73.6 cm³/mol. The maximum absolute atomic E-state index is 11.9. The highest BCUT2D eigenvalue weighted by atomic mass is 16.6. The van der Waals surface area contributed by atoms with E-state index in [2.05, 4.69) is 27.2 Å². The molecule has 1 aromatic carbocycles. The molecule has 6 heteroatoms. The summed E-state index contributed by atoms with van der Waals surface area (Å²) in [6.45, 7) is 5.45. The van der Waals surface area contributed by atoms with Crippen molar-refractivity contribution in [2.75, 3.05) is 5.32 Å². The van der Waals surface area contributed by atoms with Crippen molar-refractivity contribution in [1.29, 1.82) is 0 Å². The fraction of sp³-hybridized carbons (Fsp3) is 0.357. The van der Waals surface area contributed by atoms with Gasteiger partial charge in [0.15, 0.2) is 11.9 Å². The average molecular weight is 275 g/mol. The number of hydrogen-bond donors (Lipinski definition) is 1. The van der Waals surface area contributed by atoms with Gasteiger partial charge in [-0.3, -0.25) is 4.79 Å². The summed E-state index contributed by atoms with van der Waals surface area (Å²) in [6, 6.07) is 7.66. The summed E-state index contributed by atoms with van der Waals surface area (Å²) in [5.41, 5.74) is 1.75. The van der Waals surface area contributed by atoms with Crippen LogP contribution in [-0.2, 0) is 11.2 Å². The molecule has 1 aromatic heterocycles. The van der Waals surface area contributed by atoms with Gasteiger partial charge in [-0.15, -0.1) is 0 Å². The number of benzene rings is 1. The molecule has 0 aliphatic heterocycles. The van der Waals surface area contributed by atoms with Crippen LogP contribution in [-0.4, -0.2) is 22.3 Å². The van der Waals surface area contributed by atoms with Gasteiger partial charge in [-0.2, -0.15) is 0 Å². The monoisotopic (exact) mass is 275 g/mol. The SMILES string of the molecule is CCc1ccc(O[C@@H](C)C(=O)Nc2nonc2C)cc1. The standard InChI is InChI=1S/C14H17N3O3/c1-4-11-5-7-12(8-6-11)19-10(3)14(18)15-13-9(2)16-20-17-13/h5-8,10H,4H2,1-3H3,(H,15,17,18)/t10-/m0/s1. The van der Waals surface area contributed by atoms with Crippen LogP contribution < -0.4 is 10.1 Å². The summed E-state index contributed by atoms with van der Waals surface area (Å²) in [6.07, 6.45) is 0.327. The van der Waals surface area contributed by atoms with E-state index in [1.165, 1.54) is 5.56 Å². The molecule has 1 N–H and O–H groups in total. The highest BCUT2D eigenvalue weighted by Gasteiger charge is 2.17. The van der Waals surface area contributed by atoms with Crippen molar-refractivity contribution in [3.05, 3.63) is 35.5 Å². The lowest BCUT2D eigenvalue weighted by Crippen LogP contribution is -2.30. The third kappa shape index (κ3) is 3.34. The molecule has 0 spiro atoms. The zero-order valence-corrected chi connectivity index (χ0v) is 11.7. The van der Waals surface area contributed by atoms with Gasteiger partial charge in [0.1, 0.15) is 11.4 Å². The fourth-order valence-corrected chi connectivity index (χ4v) is 1.62. The van der Waals surface area contributed by atoms with Crippen LogP contribution in [0.5, 0.6) is 5.75 Å². The number of amides is 1. The topological polar surface area (TPSA) is 77.2 Å². The second kappa shape index (κ2) is 6.18. The number of anilines is 1. The van der Waals surface area contributed by atoms with Crippen molar-refractivity contribution in [1.82, 2.24) is 10.3 Å². The second-order valence-corrected chi connectivity index (χ2v) is 4.45. The molecule has 1 atom stereocenters. The Balaban J connectivity index is 1.95. The number of nitrogens with one attached hydrogen (secondary N) is 1. The molecule has 106 valence electrons. The minimum atomic E-state index is -0.640. The van der Waals surface area contributed by atoms with Crippen molar-refractivity contribution < 1.29 is 14.2 Å². The van der Waals surface area contributed by atoms with Gasteiger partial charge in [-0.25, -0.2) is 4.63 Å². The maximum atomic E-state index is 11.9. The van der Waals surface area contributed by atoms with Gasteiger partial charge in [0.25, 0.3) is 5.91 Å². The molecule has 0 aliphatic rings. The Hall–Kier alpha value is -2.37. The summed E-state index contributed by atoms with van der Waals surface area (Å²) in [7, 11) is 0. The van der Waals surface area contributed by atoms with Crippen molar-refractivity contribution in [3.63, 3.8) is 0 Å². The number of nitrogens with zero attached hydrogens (tertiary/aromatic N) is 2. The lowest BCUT2D eigenvalue weighted by molar-refractivity contribution is -0.122. The minimum Gasteiger partial charge on any atom is -0.481 e. The summed E-state index contributed by atoms with van der Waals surface area (Å²) >= 11 is 0. The predicted octanol–water partition coefficient (Wildman–Crippen LogP) is 2.35. The van der Waals surface area contributed by atoms with E-state index in [9.17, 15) is 4.79 Å². The first kappa shape index (κ1) is 14.0. The van der Waals surface area contributed by atoms with E-state index in [0.29, 0.717) is 17.3 Å². The molecule has 0 fully saturated rings. The van der Waals surface area contributed by atoms with Crippen molar-refractivity contribution in [2.45, 2.75) is 33.3 Å². The molecule has 2 aromatic rings. The number of carbonyl (C=O) groups is 1. The zero-order valence-electron chi connectivity index (χ0n) is 11.7. The highest BCUT2D eigenvalue weighted by molar-refractivity contribution is 5.93. The number of aromatic nitrogens is 2. The van der Waals surface area contributed by atoms with Gasteiger partial charge in [0.2, 0.25) is 0 Å². The third-order valence-corrected chi connectivity index (χ3v) is 2.91. The van der Waals surface area contributed by atoms with Crippen LogP contribution in [0.2, 0.25) is 0 Å². The zero-order chi connectivity index (χ0) is 14.5. The number of aryl methyl sites for hydroxylation is 2. The fourth-order valence-electron chi connectivity index (χ4n) is 1.62. The maximum Gasteiger partial charge on any atom is 0.266 e. The molecule has 0 unspecified atom stereocenters. The summed E-state index contributed by atoms with van der Waals surface area (Å²) in [5, 5.41) is 9.79. The van der Waals surface area contributed by atoms with Gasteiger partial charge < -0.3 is 10.1 Å². The molecule has 1 heterocycles. The molecule has 2 rings (SSSR count). The van der Waals surface area contributed by atoms with E-state index in [-0.39, 0.29) is 5.91 Å². The lowest BCUT2D eigenvalue weighted by Gasteiger charge is -2.14. The number of rotatable bonds is 5. The first-order valence-corrected chi connectivity index (χ1v) is 6.45. The first-order valence-electron chi connectivity index (χ1n) is 6.45. The van der Waals surface area contributed by atoms with Crippen LogP contribution in [0, 0.1) is 6.92 Å². The van der Waals surface area contributed by atoms with E-state index in [4.69, 9.17) is 4.74 Å². The molecule has 0 aliphatic carbocycles. The molecule has 1 amide bonds. The molecular formula is C14H17N3O3. The van der Waals surface area contributed by atoms with Gasteiger partial charge >= 0.3 is 0 Å². The Bertz CT molecular complexity index is 578. The van der Waals surface area contributed by atoms with Crippen molar-refractivity contribution in [2.24, 2.45) is 0 Å². The molecular weight excluding hydrogens is 258 g/mol. The Kier molecular flexibility index (Phi) is 4.34.